The van der Waals surface area contributed by atoms with E-state index in [2.05, 4.69) is 5.32 Å². The van der Waals surface area contributed by atoms with Gasteiger partial charge in [0.25, 0.3) is 0 Å². The lowest BCUT2D eigenvalue weighted by Crippen LogP contribution is -2.36. The summed E-state index contributed by atoms with van der Waals surface area (Å²) >= 11 is 0. The van der Waals surface area contributed by atoms with Crippen LogP contribution < -0.4 is 10.1 Å². The third-order valence-electron chi connectivity index (χ3n) is 2.91. The fraction of sp³-hybridized carbons (Fsp3) is 0.357. The van der Waals surface area contributed by atoms with Crippen LogP contribution in [-0.4, -0.2) is 42.7 Å². The summed E-state index contributed by atoms with van der Waals surface area (Å²) in [7, 11) is 2.92. The highest BCUT2D eigenvalue weighted by Crippen LogP contribution is 2.28. The number of ether oxygens (including phenoxy) is 1. The number of rotatable bonds is 5. The number of nitrogens with zero attached hydrogens (tertiary/aromatic N) is 2. The van der Waals surface area contributed by atoms with E-state index in [4.69, 9.17) is 15.1 Å². The molecule has 0 aliphatic heterocycles. The van der Waals surface area contributed by atoms with Gasteiger partial charge in [-0.25, -0.2) is 4.79 Å². The maximum Gasteiger partial charge on any atom is 0.321 e. The van der Waals surface area contributed by atoms with Crippen LogP contribution in [0.3, 0.4) is 0 Å². The van der Waals surface area contributed by atoms with Crippen molar-refractivity contribution in [2.24, 2.45) is 5.92 Å². The molecule has 0 aliphatic carbocycles. The topological polar surface area (TPSA) is 103 Å². The molecule has 112 valence electrons. The summed E-state index contributed by atoms with van der Waals surface area (Å²) in [5.41, 5.74) is 0.532. The Morgan fingerprint density at radius 2 is 2.19 bits per heavy atom. The van der Waals surface area contributed by atoms with E-state index in [1.807, 2.05) is 6.07 Å². The minimum absolute atomic E-state index is 0.0538. The average molecular weight is 291 g/mol. The van der Waals surface area contributed by atoms with Crippen LogP contribution in [0, 0.1) is 17.2 Å². The SMILES string of the molecule is COc1cccc(C#N)c1NC(=O)N(C)CC(C)C(=O)O. The van der Waals surface area contributed by atoms with Gasteiger partial charge in [-0.2, -0.15) is 5.26 Å². The van der Waals surface area contributed by atoms with Crippen LogP contribution in [0.1, 0.15) is 12.5 Å². The van der Waals surface area contributed by atoms with Crippen LogP contribution in [0.5, 0.6) is 5.75 Å². The van der Waals surface area contributed by atoms with Gasteiger partial charge in [-0.1, -0.05) is 13.0 Å². The second-order valence-corrected chi connectivity index (χ2v) is 4.54. The molecule has 1 aromatic carbocycles. The molecule has 0 heterocycles. The van der Waals surface area contributed by atoms with Crippen molar-refractivity contribution in [2.45, 2.75) is 6.92 Å². The number of carbonyl (C=O) groups excluding carboxylic acids is 1. The summed E-state index contributed by atoms with van der Waals surface area (Å²) in [5, 5.41) is 20.5. The van der Waals surface area contributed by atoms with E-state index >= 15 is 0 Å². The molecule has 1 aromatic rings. The molecular formula is C14H17N3O4. The zero-order valence-corrected chi connectivity index (χ0v) is 12.1. The molecule has 2 N–H and O–H groups in total. The minimum Gasteiger partial charge on any atom is -0.495 e. The Hall–Kier alpha value is -2.75. The third kappa shape index (κ3) is 4.11. The van der Waals surface area contributed by atoms with Crippen LogP contribution in [0.2, 0.25) is 0 Å². The standard InChI is InChI=1S/C14H17N3O4/c1-9(13(18)19)8-17(2)14(20)16-12-10(7-15)5-4-6-11(12)21-3/h4-6,9H,8H2,1-3H3,(H,16,20)(H,18,19). The lowest BCUT2D eigenvalue weighted by Gasteiger charge is -2.21. The molecule has 0 saturated carbocycles. The fourth-order valence-electron chi connectivity index (χ4n) is 1.70. The summed E-state index contributed by atoms with van der Waals surface area (Å²) in [6, 6.07) is 6.27. The summed E-state index contributed by atoms with van der Waals surface area (Å²) in [6.45, 7) is 1.56. The number of hydrogen-bond acceptors (Lipinski definition) is 4. The van der Waals surface area contributed by atoms with Gasteiger partial charge in [-0.15, -0.1) is 0 Å². The maximum atomic E-state index is 12.1. The van der Waals surface area contributed by atoms with E-state index in [-0.39, 0.29) is 17.8 Å². The van der Waals surface area contributed by atoms with E-state index in [0.29, 0.717) is 5.75 Å². The number of nitrogens with one attached hydrogen (secondary N) is 1. The Bertz CT molecular complexity index is 580. The Balaban J connectivity index is 2.88. The van der Waals surface area contributed by atoms with Crippen molar-refractivity contribution in [1.29, 1.82) is 5.26 Å². The number of carboxylic acid groups (broad SMARTS) is 1. The van der Waals surface area contributed by atoms with E-state index < -0.39 is 17.9 Å². The van der Waals surface area contributed by atoms with Gasteiger partial charge in [0, 0.05) is 13.6 Å². The van der Waals surface area contributed by atoms with Crippen molar-refractivity contribution >= 4 is 17.7 Å². The normalized spacial score (nSPS) is 11.1. The summed E-state index contributed by atoms with van der Waals surface area (Å²) in [5.74, 6) is -1.31. The number of amides is 2. The molecule has 2 amide bonds. The van der Waals surface area contributed by atoms with E-state index in [1.165, 1.54) is 26.0 Å². The predicted octanol–water partition coefficient (Wildman–Crippen LogP) is 1.75. The third-order valence-corrected chi connectivity index (χ3v) is 2.91. The van der Waals surface area contributed by atoms with Crippen LogP contribution in [0.25, 0.3) is 0 Å². The van der Waals surface area contributed by atoms with Crippen LogP contribution in [-0.2, 0) is 4.79 Å². The molecule has 0 bridgehead atoms. The molecule has 0 spiro atoms. The molecule has 0 aliphatic rings. The first-order valence-corrected chi connectivity index (χ1v) is 6.22. The number of anilines is 1. The average Bonchev–Trinajstić information content (AvgIpc) is 2.46. The van der Waals surface area contributed by atoms with Crippen molar-refractivity contribution in [2.75, 3.05) is 26.0 Å². The van der Waals surface area contributed by atoms with Gasteiger partial charge in [0.1, 0.15) is 17.5 Å². The number of para-hydroxylation sites is 1. The monoisotopic (exact) mass is 291 g/mol. The quantitative estimate of drug-likeness (QED) is 0.860. The Labute approximate surface area is 122 Å². The van der Waals surface area contributed by atoms with Gasteiger partial charge in [0.15, 0.2) is 0 Å². The number of hydrogen-bond donors (Lipinski definition) is 2. The Kier molecular flexibility index (Phi) is 5.55. The van der Waals surface area contributed by atoms with Crippen molar-refractivity contribution in [1.82, 2.24) is 4.90 Å². The van der Waals surface area contributed by atoms with Crippen LogP contribution in [0.15, 0.2) is 18.2 Å². The molecule has 0 radical (unpaired) electrons. The van der Waals surface area contributed by atoms with Crippen molar-refractivity contribution in [3.8, 4) is 11.8 Å². The lowest BCUT2D eigenvalue weighted by molar-refractivity contribution is -0.141. The smallest absolute Gasteiger partial charge is 0.321 e. The number of carbonyl (C=O) groups is 2. The molecule has 0 fully saturated rings. The first-order chi connectivity index (χ1) is 9.90. The molecule has 0 saturated heterocycles. The molecule has 7 nitrogen and oxygen atoms in total. The number of benzene rings is 1. The first kappa shape index (κ1) is 16.3. The predicted molar refractivity (Wildman–Crippen MR) is 76.2 cm³/mol. The fourth-order valence-corrected chi connectivity index (χ4v) is 1.70. The summed E-state index contributed by atoms with van der Waals surface area (Å²) < 4.78 is 5.11. The summed E-state index contributed by atoms with van der Waals surface area (Å²) in [6.07, 6.45) is 0. The van der Waals surface area contributed by atoms with Crippen LogP contribution >= 0.6 is 0 Å². The molecule has 1 unspecified atom stereocenters. The maximum absolute atomic E-state index is 12.1. The van der Waals surface area contributed by atoms with Gasteiger partial charge in [0.2, 0.25) is 0 Å². The molecule has 0 aromatic heterocycles. The number of aliphatic carboxylic acids is 1. The number of carboxylic acids is 1. The first-order valence-electron chi connectivity index (χ1n) is 6.22. The largest absolute Gasteiger partial charge is 0.495 e. The molecule has 21 heavy (non-hydrogen) atoms. The molecule has 7 heteroatoms. The highest BCUT2D eigenvalue weighted by molar-refractivity contribution is 5.92. The number of methoxy groups -OCH3 is 1. The van der Waals surface area contributed by atoms with Crippen molar-refractivity contribution < 1.29 is 19.4 Å². The minimum atomic E-state index is -0.982. The highest BCUT2D eigenvalue weighted by atomic mass is 16.5. The van der Waals surface area contributed by atoms with Gasteiger partial charge < -0.3 is 20.1 Å². The number of urea groups is 1. The number of nitriles is 1. The van der Waals surface area contributed by atoms with Crippen molar-refractivity contribution in [3.05, 3.63) is 23.8 Å². The van der Waals surface area contributed by atoms with E-state index in [1.54, 1.807) is 18.2 Å². The van der Waals surface area contributed by atoms with Gasteiger partial charge in [0.05, 0.1) is 18.6 Å². The summed E-state index contributed by atoms with van der Waals surface area (Å²) in [4.78, 5) is 24.1. The van der Waals surface area contributed by atoms with E-state index in [0.717, 1.165) is 0 Å². The highest BCUT2D eigenvalue weighted by Gasteiger charge is 2.19. The van der Waals surface area contributed by atoms with Gasteiger partial charge in [-0.05, 0) is 12.1 Å². The molecular weight excluding hydrogens is 274 g/mol. The molecule has 1 rings (SSSR count). The second-order valence-electron chi connectivity index (χ2n) is 4.54. The van der Waals surface area contributed by atoms with Gasteiger partial charge >= 0.3 is 12.0 Å². The van der Waals surface area contributed by atoms with Crippen LogP contribution in [0.4, 0.5) is 10.5 Å². The Morgan fingerprint density at radius 1 is 1.52 bits per heavy atom. The second kappa shape index (κ2) is 7.14. The Morgan fingerprint density at radius 3 is 2.71 bits per heavy atom. The zero-order valence-electron chi connectivity index (χ0n) is 12.1. The lowest BCUT2D eigenvalue weighted by atomic mass is 10.1. The van der Waals surface area contributed by atoms with Crippen molar-refractivity contribution in [3.63, 3.8) is 0 Å². The van der Waals surface area contributed by atoms with Gasteiger partial charge in [-0.3, -0.25) is 4.79 Å². The van der Waals surface area contributed by atoms with E-state index in [9.17, 15) is 9.59 Å². The molecule has 1 atom stereocenters. The zero-order chi connectivity index (χ0) is 16.0.